The molecule has 44 heteroatoms. The van der Waals surface area contributed by atoms with Crippen molar-refractivity contribution >= 4 is 70.4 Å². The third-order valence-corrected chi connectivity index (χ3v) is 24.2. The van der Waals surface area contributed by atoms with Crippen LogP contribution >= 0.6 is 0 Å². The van der Waals surface area contributed by atoms with E-state index in [1.165, 1.54) is 10.6 Å². The molecule has 2 aliphatic heterocycles. The Bertz CT molecular complexity index is 5070. The fourth-order valence-electron chi connectivity index (χ4n) is 16.5. The number of nitrogens with one attached hydrogen (secondary N) is 9. The quantitative estimate of drug-likeness (QED) is 0.0148. The van der Waals surface area contributed by atoms with Gasteiger partial charge in [0.15, 0.2) is 5.60 Å². The molecule has 4 aliphatic rings. The monoisotopic (exact) mass is 2000 g/mol. The number of aryl methyl sites for hydroxylation is 1. The Morgan fingerprint density at radius 1 is 0.577 bits per heavy atom. The van der Waals surface area contributed by atoms with Crippen LogP contribution < -0.4 is 59.1 Å². The van der Waals surface area contributed by atoms with Gasteiger partial charge in [0.05, 0.1) is 206 Å². The number of nitrogens with two attached hydrogens (primary N) is 1. The highest BCUT2D eigenvalue weighted by Gasteiger charge is 2.47. The Balaban J connectivity index is 0.565. The van der Waals surface area contributed by atoms with Crippen molar-refractivity contribution in [3.05, 3.63) is 151 Å². The number of benzene rings is 4. The van der Waals surface area contributed by atoms with Crippen LogP contribution in [0.4, 0.5) is 29.3 Å². The summed E-state index contributed by atoms with van der Waals surface area (Å²) in [5, 5.41) is 84.0. The highest BCUT2D eigenvalue weighted by atomic mass is 19.1. The van der Waals surface area contributed by atoms with E-state index in [4.69, 9.17) is 86.9 Å². The molecule has 142 heavy (non-hydrogen) atoms. The molecule has 782 valence electrons. The van der Waals surface area contributed by atoms with E-state index < -0.39 is 133 Å². The minimum Gasteiger partial charge on any atom is -0.458 e. The van der Waals surface area contributed by atoms with Gasteiger partial charge < -0.3 is 160 Å². The van der Waals surface area contributed by atoms with Crippen LogP contribution in [0.25, 0.3) is 33.4 Å². The fourth-order valence-corrected chi connectivity index (χ4v) is 16.5. The van der Waals surface area contributed by atoms with E-state index >= 15 is 4.39 Å². The second kappa shape index (κ2) is 59.8. The summed E-state index contributed by atoms with van der Waals surface area (Å²) in [6.45, 7) is 13.7. The van der Waals surface area contributed by atoms with Gasteiger partial charge in [-0.2, -0.15) is 0 Å². The number of ether oxygens (including phenoxy) is 15. The maximum atomic E-state index is 15.6. The van der Waals surface area contributed by atoms with E-state index in [0.717, 1.165) is 22.3 Å². The molecule has 10 amide bonds. The normalized spacial score (nSPS) is 15.9. The molecule has 0 spiro atoms. The number of urea groups is 2. The number of esters is 1. The van der Waals surface area contributed by atoms with Crippen LogP contribution in [0.3, 0.4) is 0 Å². The molecule has 6 aromatic rings. The number of aliphatic hydroxyl groups is 6. The first kappa shape index (κ1) is 113. The summed E-state index contributed by atoms with van der Waals surface area (Å²) >= 11 is 0. The topological polar surface area (TPSA) is 583 Å². The molecule has 10 rings (SSSR count). The minimum atomic E-state index is -2.08. The number of anilines is 1. The standard InChI is InChI=1S/C98H137FN12O31/c1-5-98(127)73-53-79-86-70(56-111(79)92(121)72(73)60-140-93(98)122)84-75(24-23-65-62(4)74(99)54-78(106-86)83(65)84)108-96(125)141-58-63-19-21-64(22-20-63)105-89(118)76(18-12-27-102-94(100)123)107-91(120)85(61(2)3)110-90(119)77(109-97(126)142-59-71-68-15-8-6-13-66(68)67-14-7-9-16-69(67)71)17-10-11-26-101-82(115)25-29-128-31-33-130-35-37-132-39-41-134-43-45-136-47-49-138-51-52-139-50-48-137-46-44-135-42-40-133-38-36-131-34-32-129-30-28-103-95(124)104-55-80(113)87(116)88(117)81(114)57-112/h6-9,13-16,19-22,53-54,61,71,75-77,80-81,85,87-88,112-114,116-117,127H,5,10-12,17-18,23-52,55-60H2,1-4H3,(H,101,115)(H,105,118)(H,107,120)(H,108,125)(H,109,126)(H,110,119)(H3,100,102,123)(H2,103,104,124)/t75-,76-,77-,80-,81+,85-,87+,88+,98-/m0/s1. The van der Waals surface area contributed by atoms with Gasteiger partial charge >= 0.3 is 30.2 Å². The molecule has 0 bridgehead atoms. The number of primary amides is 1. The second-order valence-electron chi connectivity index (χ2n) is 34.4. The zero-order valence-electron chi connectivity index (χ0n) is 80.8. The van der Waals surface area contributed by atoms with Gasteiger partial charge in [-0.25, -0.2) is 33.3 Å². The summed E-state index contributed by atoms with van der Waals surface area (Å²) in [7, 11) is 0. The van der Waals surface area contributed by atoms with Crippen LogP contribution in [0.2, 0.25) is 0 Å². The summed E-state index contributed by atoms with van der Waals surface area (Å²) in [5.41, 5.74) is 11.2. The third kappa shape index (κ3) is 34.3. The molecule has 17 N–H and O–H groups in total. The van der Waals surface area contributed by atoms with Gasteiger partial charge in [0.2, 0.25) is 23.6 Å². The van der Waals surface area contributed by atoms with Gasteiger partial charge in [0.1, 0.15) is 62.1 Å². The second-order valence-corrected chi connectivity index (χ2v) is 34.4. The molecule has 43 nitrogen and oxygen atoms in total. The van der Waals surface area contributed by atoms with E-state index in [0.29, 0.717) is 207 Å². The molecular weight excluding hydrogens is 1860 g/mol. The van der Waals surface area contributed by atoms with Crippen molar-refractivity contribution in [3.8, 4) is 22.5 Å². The highest BCUT2D eigenvalue weighted by molar-refractivity contribution is 5.99. The molecule has 9 atom stereocenters. The minimum absolute atomic E-state index is 0.00557. The molecule has 0 saturated carbocycles. The SMILES string of the molecule is CC[C@@]1(O)C(=O)OCc2c1cc1n(c2=O)Cc2c-1nc1cc(F)c(C)c3c1c2[C@@H](NC(=O)OCc1ccc(NC(=O)[C@H](CCCNC(N)=O)NC(=O)[C@@H](NC(=O)[C@H](CCCCNC(=O)CCOCCOCCOCCOCCOCCOCCOCCOCCOCCOCCOCCOCCNC(=O)NC[C@H](O)[C@@H](O)[C@H](O)[C@H](O)CO)NC(=O)OCC2c4ccccc4-c4ccccc42)C(C)C)cc1)CC3. The number of fused-ring (bicyclic) bond motifs is 8. The van der Waals surface area contributed by atoms with Gasteiger partial charge in [0, 0.05) is 66.8 Å². The number of unbranched alkanes of at least 4 members (excludes halogenated alkanes) is 1. The molecule has 0 fully saturated rings. The highest BCUT2D eigenvalue weighted by Crippen LogP contribution is 2.47. The van der Waals surface area contributed by atoms with E-state index in [1.807, 2.05) is 48.5 Å². The number of aliphatic hydroxyl groups excluding tert-OH is 5. The lowest BCUT2D eigenvalue weighted by Crippen LogP contribution is -2.57. The first-order chi connectivity index (χ1) is 68.7. The van der Waals surface area contributed by atoms with Crippen LogP contribution in [0.15, 0.2) is 89.7 Å². The zero-order chi connectivity index (χ0) is 102. The van der Waals surface area contributed by atoms with Gasteiger partial charge in [-0.15, -0.1) is 0 Å². The summed E-state index contributed by atoms with van der Waals surface area (Å²) in [6, 6.07) is 19.1. The van der Waals surface area contributed by atoms with Gasteiger partial charge in [-0.3, -0.25) is 24.0 Å². The van der Waals surface area contributed by atoms with E-state index in [-0.39, 0.29) is 134 Å². The number of aromatic nitrogens is 2. The van der Waals surface area contributed by atoms with Crippen LogP contribution in [0.5, 0.6) is 0 Å². The summed E-state index contributed by atoms with van der Waals surface area (Å²) in [4.78, 5) is 140. The first-order valence-corrected chi connectivity index (χ1v) is 48.2. The molecule has 4 aromatic carbocycles. The van der Waals surface area contributed by atoms with Crippen molar-refractivity contribution in [2.75, 3.05) is 203 Å². The molecule has 0 radical (unpaired) electrons. The number of pyridine rings is 2. The van der Waals surface area contributed by atoms with Crippen molar-refractivity contribution in [1.29, 1.82) is 0 Å². The van der Waals surface area contributed by atoms with Crippen molar-refractivity contribution < 1.29 is 149 Å². The summed E-state index contributed by atoms with van der Waals surface area (Å²) in [6.07, 6.45) is -6.78. The van der Waals surface area contributed by atoms with Crippen LogP contribution in [0, 0.1) is 18.7 Å². The molecule has 0 unspecified atom stereocenters. The van der Waals surface area contributed by atoms with E-state index in [2.05, 4.69) is 47.9 Å². The number of carbonyl (C=O) groups is 9. The van der Waals surface area contributed by atoms with Gasteiger partial charge in [-0.05, 0) is 127 Å². The molecule has 0 saturated heterocycles. The Morgan fingerprint density at radius 3 is 1.65 bits per heavy atom. The number of rotatable bonds is 68. The third-order valence-electron chi connectivity index (χ3n) is 24.2. The Labute approximate surface area is 822 Å². The summed E-state index contributed by atoms with van der Waals surface area (Å²) in [5.74, 6) is -4.60. The maximum absolute atomic E-state index is 15.6. The van der Waals surface area contributed by atoms with Crippen molar-refractivity contribution in [2.45, 2.75) is 165 Å². The van der Waals surface area contributed by atoms with Gasteiger partial charge in [0.25, 0.3) is 5.56 Å². The first-order valence-electron chi connectivity index (χ1n) is 48.2. The van der Waals surface area contributed by atoms with Crippen LogP contribution in [-0.2, 0) is 127 Å². The van der Waals surface area contributed by atoms with Crippen LogP contribution in [0.1, 0.15) is 134 Å². The molecular formula is C98H137FN12O31. The number of amides is 10. The van der Waals surface area contributed by atoms with E-state index in [1.54, 1.807) is 58.0 Å². The lowest BCUT2D eigenvalue weighted by atomic mass is 9.81. The average molecular weight is 2000 g/mol. The number of alkyl carbamates (subject to hydrolysis) is 2. The zero-order valence-corrected chi connectivity index (χ0v) is 80.8. The number of halogens is 1. The maximum Gasteiger partial charge on any atom is 0.407 e. The molecule has 2 aliphatic carbocycles. The predicted molar refractivity (Wildman–Crippen MR) is 510 cm³/mol. The number of hydrogen-bond donors (Lipinski definition) is 16. The Morgan fingerprint density at radius 2 is 1.11 bits per heavy atom. The average Bonchev–Trinajstić information content (AvgIpc) is 1.52. The van der Waals surface area contributed by atoms with Gasteiger partial charge in [-0.1, -0.05) is 81.4 Å². The number of nitrogens with zero attached hydrogens (tertiary/aromatic N) is 2. The smallest absolute Gasteiger partial charge is 0.407 e. The lowest BCUT2D eigenvalue weighted by Gasteiger charge is -2.31. The van der Waals surface area contributed by atoms with Crippen molar-refractivity contribution in [3.63, 3.8) is 0 Å². The lowest BCUT2D eigenvalue weighted by molar-refractivity contribution is -0.172. The molecule has 4 heterocycles. The molecule has 2 aromatic heterocycles. The fraction of sp³-hybridized carbons (Fsp3) is 0.582. The Hall–Kier alpha value is -11.1. The number of cyclic esters (lactones) is 1. The number of carbonyl (C=O) groups excluding carboxylic acids is 9. The van der Waals surface area contributed by atoms with Crippen LogP contribution in [-0.4, -0.2) is 335 Å². The number of hydrogen-bond acceptors (Lipinski definition) is 32. The Kier molecular flexibility index (Phi) is 47.5. The largest absolute Gasteiger partial charge is 0.458 e. The summed E-state index contributed by atoms with van der Waals surface area (Å²) < 4.78 is 100. The van der Waals surface area contributed by atoms with Crippen molar-refractivity contribution in [1.82, 2.24) is 52.1 Å². The predicted octanol–water partition coefficient (Wildman–Crippen LogP) is 2.97. The van der Waals surface area contributed by atoms with Crippen molar-refractivity contribution in [2.24, 2.45) is 11.7 Å². The van der Waals surface area contributed by atoms with E-state index in [9.17, 15) is 73.5 Å².